The molecular formula is C11H18O. The highest BCUT2D eigenvalue weighted by atomic mass is 16.1. The first-order valence-electron chi connectivity index (χ1n) is 4.86. The van der Waals surface area contributed by atoms with E-state index in [0.29, 0.717) is 5.78 Å². The zero-order valence-electron chi connectivity index (χ0n) is 8.10. The molecule has 0 atom stereocenters. The minimum absolute atomic E-state index is 0.0369. The predicted octanol–water partition coefficient (Wildman–Crippen LogP) is 3.10. The third-order valence-electron chi connectivity index (χ3n) is 2.87. The van der Waals surface area contributed by atoms with Crippen molar-refractivity contribution in [2.75, 3.05) is 0 Å². The number of carbonyl (C=O) groups excluding carboxylic acids is 1. The highest BCUT2D eigenvalue weighted by Crippen LogP contribution is 2.36. The lowest BCUT2D eigenvalue weighted by Crippen LogP contribution is -2.28. The largest absolute Gasteiger partial charge is 0.294 e. The Morgan fingerprint density at radius 2 is 1.83 bits per heavy atom. The highest BCUT2D eigenvalue weighted by molar-refractivity contribution is 5.94. The Morgan fingerprint density at radius 1 is 1.25 bits per heavy atom. The fourth-order valence-corrected chi connectivity index (χ4v) is 1.93. The molecule has 1 fully saturated rings. The summed E-state index contributed by atoms with van der Waals surface area (Å²) in [6.45, 7) is 4.01. The summed E-state index contributed by atoms with van der Waals surface area (Å²) in [7, 11) is 0. The summed E-state index contributed by atoms with van der Waals surface area (Å²) in [6, 6.07) is 0. The molecule has 1 aliphatic carbocycles. The Balaban J connectivity index is 2.62. The van der Waals surface area contributed by atoms with Crippen molar-refractivity contribution >= 4 is 5.78 Å². The van der Waals surface area contributed by atoms with Crippen molar-refractivity contribution in [2.24, 2.45) is 5.41 Å². The molecule has 0 N–H and O–H groups in total. The Hall–Kier alpha value is -0.590. The highest BCUT2D eigenvalue weighted by Gasteiger charge is 2.32. The van der Waals surface area contributed by atoms with Crippen LogP contribution in [-0.4, -0.2) is 5.78 Å². The summed E-state index contributed by atoms with van der Waals surface area (Å²) in [4.78, 5) is 11.6. The van der Waals surface area contributed by atoms with Crippen molar-refractivity contribution in [3.63, 3.8) is 0 Å². The minimum Gasteiger partial charge on any atom is -0.294 e. The molecule has 68 valence electrons. The number of rotatable bonds is 2. The van der Waals surface area contributed by atoms with Crippen LogP contribution in [0.1, 0.15) is 46.0 Å². The number of hydrogen-bond donors (Lipinski definition) is 0. The fourth-order valence-electron chi connectivity index (χ4n) is 1.93. The van der Waals surface area contributed by atoms with Gasteiger partial charge in [-0.15, -0.1) is 0 Å². The molecule has 1 rings (SSSR count). The van der Waals surface area contributed by atoms with Crippen LogP contribution in [0.3, 0.4) is 0 Å². The van der Waals surface area contributed by atoms with Crippen molar-refractivity contribution in [1.82, 2.24) is 0 Å². The zero-order chi connectivity index (χ0) is 9.03. The van der Waals surface area contributed by atoms with E-state index in [1.54, 1.807) is 6.08 Å². The Kier molecular flexibility index (Phi) is 3.07. The third-order valence-corrected chi connectivity index (χ3v) is 2.87. The summed E-state index contributed by atoms with van der Waals surface area (Å²) in [5.74, 6) is 0.324. The number of carbonyl (C=O) groups is 1. The van der Waals surface area contributed by atoms with E-state index >= 15 is 0 Å². The molecule has 1 nitrogen and oxygen atoms in total. The Labute approximate surface area is 74.9 Å². The normalized spacial score (nSPS) is 22.8. The van der Waals surface area contributed by atoms with Crippen molar-refractivity contribution < 1.29 is 4.79 Å². The van der Waals surface area contributed by atoms with Gasteiger partial charge in [0.15, 0.2) is 5.78 Å². The SMILES string of the molecule is C/C=C/C(=O)C1(C)CCCCC1. The maximum absolute atomic E-state index is 11.6. The van der Waals surface area contributed by atoms with E-state index in [2.05, 4.69) is 6.92 Å². The van der Waals surface area contributed by atoms with Crippen molar-refractivity contribution in [3.8, 4) is 0 Å². The van der Waals surface area contributed by atoms with Gasteiger partial charge in [-0.2, -0.15) is 0 Å². The summed E-state index contributed by atoms with van der Waals surface area (Å²) in [5.41, 5.74) is -0.0369. The van der Waals surface area contributed by atoms with Gasteiger partial charge in [0.1, 0.15) is 0 Å². The van der Waals surface area contributed by atoms with Crippen LogP contribution in [0.5, 0.6) is 0 Å². The topological polar surface area (TPSA) is 17.1 Å². The molecule has 0 bridgehead atoms. The van der Waals surface area contributed by atoms with Gasteiger partial charge in [0, 0.05) is 5.41 Å². The van der Waals surface area contributed by atoms with Crippen LogP contribution in [0.15, 0.2) is 12.2 Å². The van der Waals surface area contributed by atoms with Crippen LogP contribution < -0.4 is 0 Å². The van der Waals surface area contributed by atoms with E-state index in [9.17, 15) is 4.79 Å². The van der Waals surface area contributed by atoms with Gasteiger partial charge in [-0.1, -0.05) is 32.3 Å². The minimum atomic E-state index is -0.0369. The first-order valence-corrected chi connectivity index (χ1v) is 4.86. The van der Waals surface area contributed by atoms with Gasteiger partial charge in [-0.25, -0.2) is 0 Å². The van der Waals surface area contributed by atoms with E-state index in [4.69, 9.17) is 0 Å². The Bertz CT molecular complexity index is 185. The average Bonchev–Trinajstić information content (AvgIpc) is 2.06. The lowest BCUT2D eigenvalue weighted by atomic mass is 9.73. The lowest BCUT2D eigenvalue weighted by Gasteiger charge is -2.30. The second-order valence-electron chi connectivity index (χ2n) is 3.99. The molecule has 12 heavy (non-hydrogen) atoms. The molecule has 1 aliphatic rings. The van der Waals surface area contributed by atoms with Crippen LogP contribution in [-0.2, 0) is 4.79 Å². The van der Waals surface area contributed by atoms with Gasteiger partial charge < -0.3 is 0 Å². The van der Waals surface area contributed by atoms with Crippen LogP contribution in [0.25, 0.3) is 0 Å². The molecule has 1 saturated carbocycles. The van der Waals surface area contributed by atoms with Gasteiger partial charge in [-0.3, -0.25) is 4.79 Å². The molecule has 0 aliphatic heterocycles. The van der Waals surface area contributed by atoms with E-state index in [0.717, 1.165) is 12.8 Å². The molecular weight excluding hydrogens is 148 g/mol. The van der Waals surface area contributed by atoms with Crippen molar-refractivity contribution in [2.45, 2.75) is 46.0 Å². The maximum Gasteiger partial charge on any atom is 0.161 e. The van der Waals surface area contributed by atoms with Crippen LogP contribution >= 0.6 is 0 Å². The van der Waals surface area contributed by atoms with Crippen LogP contribution in [0.4, 0.5) is 0 Å². The van der Waals surface area contributed by atoms with E-state index in [1.165, 1.54) is 19.3 Å². The molecule has 0 unspecified atom stereocenters. The smallest absolute Gasteiger partial charge is 0.161 e. The molecule has 0 radical (unpaired) electrons. The van der Waals surface area contributed by atoms with Crippen LogP contribution in [0.2, 0.25) is 0 Å². The van der Waals surface area contributed by atoms with Gasteiger partial charge in [0.2, 0.25) is 0 Å². The molecule has 0 aromatic heterocycles. The fraction of sp³-hybridized carbons (Fsp3) is 0.727. The average molecular weight is 166 g/mol. The summed E-state index contributed by atoms with van der Waals surface area (Å²) in [6.07, 6.45) is 9.48. The summed E-state index contributed by atoms with van der Waals surface area (Å²) >= 11 is 0. The molecule has 0 spiro atoms. The number of allylic oxidation sites excluding steroid dienone is 2. The molecule has 1 heteroatoms. The number of ketones is 1. The monoisotopic (exact) mass is 166 g/mol. The van der Waals surface area contributed by atoms with Crippen molar-refractivity contribution in [3.05, 3.63) is 12.2 Å². The van der Waals surface area contributed by atoms with Gasteiger partial charge in [-0.05, 0) is 25.8 Å². The first-order chi connectivity index (χ1) is 5.69. The van der Waals surface area contributed by atoms with Crippen LogP contribution in [0, 0.1) is 5.41 Å². The van der Waals surface area contributed by atoms with Gasteiger partial charge in [0.25, 0.3) is 0 Å². The molecule has 0 amide bonds. The molecule has 0 heterocycles. The maximum atomic E-state index is 11.6. The first kappa shape index (κ1) is 9.50. The Morgan fingerprint density at radius 3 is 2.33 bits per heavy atom. The van der Waals surface area contributed by atoms with Gasteiger partial charge in [0.05, 0.1) is 0 Å². The molecule has 0 aromatic rings. The lowest BCUT2D eigenvalue weighted by molar-refractivity contribution is -0.124. The van der Waals surface area contributed by atoms with Gasteiger partial charge >= 0.3 is 0 Å². The predicted molar refractivity (Wildman–Crippen MR) is 51.0 cm³/mol. The van der Waals surface area contributed by atoms with E-state index in [1.807, 2.05) is 13.0 Å². The van der Waals surface area contributed by atoms with E-state index < -0.39 is 0 Å². The van der Waals surface area contributed by atoms with E-state index in [-0.39, 0.29) is 5.41 Å². The summed E-state index contributed by atoms with van der Waals surface area (Å²) < 4.78 is 0. The zero-order valence-corrected chi connectivity index (χ0v) is 8.10. The quantitative estimate of drug-likeness (QED) is 0.576. The molecule has 0 saturated heterocycles. The standard InChI is InChI=1S/C11H18O/c1-3-7-10(12)11(2)8-5-4-6-9-11/h3,7H,4-6,8-9H2,1-2H3/b7-3+. The third kappa shape index (κ3) is 1.96. The number of hydrogen-bond acceptors (Lipinski definition) is 1. The molecule has 0 aromatic carbocycles. The van der Waals surface area contributed by atoms with Crippen molar-refractivity contribution in [1.29, 1.82) is 0 Å². The second kappa shape index (κ2) is 3.88. The second-order valence-corrected chi connectivity index (χ2v) is 3.99. The summed E-state index contributed by atoms with van der Waals surface area (Å²) in [5, 5.41) is 0.